The minimum absolute atomic E-state index is 0.00380. The number of nitrogens with zero attached hydrogens (tertiary/aromatic N) is 2. The van der Waals surface area contributed by atoms with Crippen molar-refractivity contribution in [2.75, 3.05) is 29.4 Å². The number of carboxylic acid groups (broad SMARTS) is 1. The molecule has 1 saturated heterocycles. The molecule has 2 aromatic carbocycles. The summed E-state index contributed by atoms with van der Waals surface area (Å²) in [5.74, 6) is -0.405. The third-order valence-electron chi connectivity index (χ3n) is 6.53. The number of aliphatic carboxylic acids is 1. The van der Waals surface area contributed by atoms with Gasteiger partial charge in [0.05, 0.1) is 0 Å². The van der Waals surface area contributed by atoms with Crippen LogP contribution in [0.3, 0.4) is 0 Å². The Morgan fingerprint density at radius 2 is 1.72 bits per heavy atom. The van der Waals surface area contributed by atoms with Crippen LogP contribution in [0.1, 0.15) is 49.1 Å². The molecule has 1 unspecified atom stereocenters. The standard InChI is InChI=1S/C25H32N4O3/c26-23(24(30)31)17-27-16-18-9-11-21(12-10-18)28-13-14-29(25(28)32)22-8-4-7-20(15-22)19-5-2-1-3-6-19/h4,7-12,15,19,23,27H,1-3,5-6,13-14,16-17,26H2,(H,30,31). The highest BCUT2D eigenvalue weighted by molar-refractivity contribution is 6.06. The van der Waals surface area contributed by atoms with Crippen LogP contribution in [0.2, 0.25) is 0 Å². The highest BCUT2D eigenvalue weighted by Gasteiger charge is 2.31. The molecule has 1 saturated carbocycles. The molecule has 1 aliphatic heterocycles. The van der Waals surface area contributed by atoms with E-state index in [0.717, 1.165) is 16.9 Å². The summed E-state index contributed by atoms with van der Waals surface area (Å²) in [6.45, 7) is 2.05. The van der Waals surface area contributed by atoms with Crippen molar-refractivity contribution in [1.82, 2.24) is 5.32 Å². The summed E-state index contributed by atoms with van der Waals surface area (Å²) in [4.78, 5) is 27.6. The van der Waals surface area contributed by atoms with E-state index in [1.54, 1.807) is 0 Å². The van der Waals surface area contributed by atoms with E-state index in [2.05, 4.69) is 23.5 Å². The van der Waals surface area contributed by atoms with Crippen LogP contribution in [0.25, 0.3) is 0 Å². The normalized spacial score (nSPS) is 18.2. The van der Waals surface area contributed by atoms with Crippen molar-refractivity contribution in [3.05, 3.63) is 59.7 Å². The van der Waals surface area contributed by atoms with E-state index < -0.39 is 12.0 Å². The van der Waals surface area contributed by atoms with Gasteiger partial charge in [-0.1, -0.05) is 43.5 Å². The number of hydrogen-bond acceptors (Lipinski definition) is 4. The molecule has 0 bridgehead atoms. The van der Waals surface area contributed by atoms with Gasteiger partial charge >= 0.3 is 12.0 Å². The Morgan fingerprint density at radius 3 is 2.41 bits per heavy atom. The molecule has 2 amide bonds. The second-order valence-electron chi connectivity index (χ2n) is 8.76. The van der Waals surface area contributed by atoms with Crippen LogP contribution in [0.4, 0.5) is 16.2 Å². The van der Waals surface area contributed by atoms with Gasteiger partial charge in [0, 0.05) is 37.6 Å². The van der Waals surface area contributed by atoms with E-state index in [4.69, 9.17) is 10.8 Å². The predicted molar refractivity (Wildman–Crippen MR) is 126 cm³/mol. The summed E-state index contributed by atoms with van der Waals surface area (Å²) in [6, 6.07) is 15.4. The number of anilines is 2. The van der Waals surface area contributed by atoms with Crippen LogP contribution in [-0.2, 0) is 11.3 Å². The van der Waals surface area contributed by atoms with Gasteiger partial charge in [-0.3, -0.25) is 14.6 Å². The maximum atomic E-state index is 13.2. The molecule has 2 aliphatic rings. The Labute approximate surface area is 189 Å². The molecule has 4 N–H and O–H groups in total. The van der Waals surface area contributed by atoms with Crippen LogP contribution in [0, 0.1) is 0 Å². The summed E-state index contributed by atoms with van der Waals surface area (Å²) in [7, 11) is 0. The van der Waals surface area contributed by atoms with Gasteiger partial charge in [-0.25, -0.2) is 4.79 Å². The maximum absolute atomic E-state index is 13.2. The number of carboxylic acids is 1. The second kappa shape index (κ2) is 10.1. The average Bonchev–Trinajstić information content (AvgIpc) is 3.21. The van der Waals surface area contributed by atoms with Gasteiger partial charge in [0.1, 0.15) is 6.04 Å². The summed E-state index contributed by atoms with van der Waals surface area (Å²) >= 11 is 0. The molecule has 2 aromatic rings. The molecular formula is C25H32N4O3. The van der Waals surface area contributed by atoms with E-state index in [-0.39, 0.29) is 12.6 Å². The lowest BCUT2D eigenvalue weighted by Gasteiger charge is -2.24. The molecule has 7 heteroatoms. The molecule has 4 rings (SSSR count). The lowest BCUT2D eigenvalue weighted by Crippen LogP contribution is -2.40. The zero-order chi connectivity index (χ0) is 22.5. The third-order valence-corrected chi connectivity index (χ3v) is 6.53. The molecule has 0 aromatic heterocycles. The Balaban J connectivity index is 1.37. The summed E-state index contributed by atoms with van der Waals surface area (Å²) < 4.78 is 0. The first kappa shape index (κ1) is 22.3. The van der Waals surface area contributed by atoms with Gasteiger partial charge < -0.3 is 16.2 Å². The van der Waals surface area contributed by atoms with Crippen molar-refractivity contribution in [3.8, 4) is 0 Å². The number of carbonyl (C=O) groups excluding carboxylic acids is 1. The van der Waals surface area contributed by atoms with E-state index in [1.165, 1.54) is 37.7 Å². The van der Waals surface area contributed by atoms with Crippen LogP contribution in [0.5, 0.6) is 0 Å². The lowest BCUT2D eigenvalue weighted by atomic mass is 9.84. The molecule has 32 heavy (non-hydrogen) atoms. The highest BCUT2D eigenvalue weighted by atomic mass is 16.4. The van der Waals surface area contributed by atoms with Gasteiger partial charge in [0.25, 0.3) is 0 Å². The smallest absolute Gasteiger partial charge is 0.329 e. The van der Waals surface area contributed by atoms with Crippen LogP contribution in [0.15, 0.2) is 48.5 Å². The van der Waals surface area contributed by atoms with Crippen LogP contribution < -0.4 is 20.9 Å². The largest absolute Gasteiger partial charge is 0.480 e. The predicted octanol–water partition coefficient (Wildman–Crippen LogP) is 3.68. The Morgan fingerprint density at radius 1 is 1.03 bits per heavy atom. The summed E-state index contributed by atoms with van der Waals surface area (Å²) in [6.07, 6.45) is 6.41. The Bertz CT molecular complexity index is 940. The Hall–Kier alpha value is -2.90. The first-order valence-electron chi connectivity index (χ1n) is 11.5. The maximum Gasteiger partial charge on any atom is 0.329 e. The minimum atomic E-state index is -1.02. The molecule has 0 radical (unpaired) electrons. The van der Waals surface area contributed by atoms with Crippen LogP contribution in [-0.4, -0.2) is 42.8 Å². The summed E-state index contributed by atoms with van der Waals surface area (Å²) in [5.41, 5.74) is 9.72. The molecule has 0 spiro atoms. The zero-order valence-electron chi connectivity index (χ0n) is 18.4. The van der Waals surface area contributed by atoms with E-state index in [0.29, 0.717) is 25.6 Å². The molecular weight excluding hydrogens is 404 g/mol. The van der Waals surface area contributed by atoms with Gasteiger partial charge in [-0.2, -0.15) is 0 Å². The topological polar surface area (TPSA) is 98.9 Å². The van der Waals surface area contributed by atoms with Crippen molar-refractivity contribution >= 4 is 23.4 Å². The molecule has 2 fully saturated rings. The second-order valence-corrected chi connectivity index (χ2v) is 8.76. The zero-order valence-corrected chi connectivity index (χ0v) is 18.4. The van der Waals surface area contributed by atoms with Gasteiger partial charge in [-0.15, -0.1) is 0 Å². The summed E-state index contributed by atoms with van der Waals surface area (Å²) in [5, 5.41) is 11.9. The fourth-order valence-electron chi connectivity index (χ4n) is 4.65. The molecule has 170 valence electrons. The van der Waals surface area contributed by atoms with E-state index in [1.807, 2.05) is 40.1 Å². The number of benzene rings is 2. The molecule has 1 heterocycles. The Kier molecular flexibility index (Phi) is 7.07. The van der Waals surface area contributed by atoms with Crippen molar-refractivity contribution < 1.29 is 14.7 Å². The van der Waals surface area contributed by atoms with Crippen molar-refractivity contribution in [2.24, 2.45) is 5.73 Å². The number of nitrogens with two attached hydrogens (primary N) is 1. The fraction of sp³-hybridized carbons (Fsp3) is 0.440. The number of amides is 2. The lowest BCUT2D eigenvalue weighted by molar-refractivity contribution is -0.138. The van der Waals surface area contributed by atoms with Crippen molar-refractivity contribution in [2.45, 2.75) is 50.6 Å². The number of hydrogen-bond donors (Lipinski definition) is 3. The number of rotatable bonds is 8. The van der Waals surface area contributed by atoms with E-state index >= 15 is 0 Å². The SMILES string of the molecule is NC(CNCc1ccc(N2CCN(c3cccc(C4CCCCC4)c3)C2=O)cc1)C(=O)O. The first-order chi connectivity index (χ1) is 15.5. The molecule has 7 nitrogen and oxygen atoms in total. The van der Waals surface area contributed by atoms with Crippen LogP contribution >= 0.6 is 0 Å². The number of carbonyl (C=O) groups is 2. The van der Waals surface area contributed by atoms with Crippen molar-refractivity contribution in [1.29, 1.82) is 0 Å². The van der Waals surface area contributed by atoms with Gasteiger partial charge in [-0.05, 0) is 54.2 Å². The third kappa shape index (κ3) is 5.11. The molecule has 1 atom stereocenters. The van der Waals surface area contributed by atoms with Crippen molar-refractivity contribution in [3.63, 3.8) is 0 Å². The number of nitrogens with one attached hydrogen (secondary N) is 1. The fourth-order valence-corrected chi connectivity index (χ4v) is 4.65. The first-order valence-corrected chi connectivity index (χ1v) is 11.5. The molecule has 1 aliphatic carbocycles. The highest BCUT2D eigenvalue weighted by Crippen LogP contribution is 2.35. The van der Waals surface area contributed by atoms with Gasteiger partial charge in [0.2, 0.25) is 0 Å². The van der Waals surface area contributed by atoms with Gasteiger partial charge in [0.15, 0.2) is 0 Å². The minimum Gasteiger partial charge on any atom is -0.480 e. The monoisotopic (exact) mass is 436 g/mol. The number of urea groups is 1. The quantitative estimate of drug-likeness (QED) is 0.586. The van der Waals surface area contributed by atoms with E-state index in [9.17, 15) is 9.59 Å². The average molecular weight is 437 g/mol.